The minimum atomic E-state index is -3.09. The Morgan fingerprint density at radius 1 is 1.47 bits per heavy atom. The average Bonchev–Trinajstić information content (AvgIpc) is 2.09. The molecule has 0 saturated heterocycles. The number of nitrogens with one attached hydrogen (secondary N) is 1. The molecule has 0 saturated carbocycles. The molecule has 1 rings (SSSR count). The van der Waals surface area contributed by atoms with E-state index >= 15 is 0 Å². The van der Waals surface area contributed by atoms with Crippen LogP contribution in [0.4, 0.5) is 5.82 Å². The predicted molar refractivity (Wildman–Crippen MR) is 55.9 cm³/mol. The number of hydrogen-bond donors (Lipinski definition) is 4. The summed E-state index contributed by atoms with van der Waals surface area (Å²) in [7, 11) is 0. The van der Waals surface area contributed by atoms with E-state index in [2.05, 4.69) is 41.8 Å². The highest BCUT2D eigenvalue weighted by atomic mass is 79.9. The van der Waals surface area contributed by atoms with Gasteiger partial charge < -0.3 is 20.6 Å². The molecule has 0 aliphatic carbocycles. The minimum absolute atomic E-state index is 0.106. The average molecular weight is 343 g/mol. The molecular formula is C6H5Br2N3O4. The second-order valence-corrected chi connectivity index (χ2v) is 4.00. The Morgan fingerprint density at radius 2 is 2.07 bits per heavy atom. The number of carboxylic acid groups (broad SMARTS) is 1. The Kier molecular flexibility index (Phi) is 3.60. The normalized spacial score (nSPS) is 11.2. The molecule has 0 fully saturated rings. The molecule has 82 valence electrons. The van der Waals surface area contributed by atoms with Gasteiger partial charge in [-0.1, -0.05) is 0 Å². The molecule has 0 aromatic carbocycles. The van der Waals surface area contributed by atoms with Gasteiger partial charge in [0.05, 0.1) is 6.20 Å². The van der Waals surface area contributed by atoms with Crippen LogP contribution in [0.1, 0.15) is 0 Å². The van der Waals surface area contributed by atoms with Crippen molar-refractivity contribution in [2.75, 3.05) is 5.32 Å². The highest BCUT2D eigenvalue weighted by Crippen LogP contribution is 2.21. The second-order valence-electron chi connectivity index (χ2n) is 2.43. The number of carbonyl (C=O) groups is 1. The number of nitrogens with zero attached hydrogens (tertiary/aromatic N) is 2. The SMILES string of the molecule is O=C(O)C(O)(O)Nc1ncc(Br)nc1Br. The second kappa shape index (κ2) is 4.39. The van der Waals surface area contributed by atoms with Gasteiger partial charge in [0.2, 0.25) is 0 Å². The van der Waals surface area contributed by atoms with Crippen LogP contribution in [0, 0.1) is 0 Å². The first kappa shape index (κ1) is 12.3. The maximum Gasteiger partial charge on any atom is 0.387 e. The molecule has 0 bridgehead atoms. The van der Waals surface area contributed by atoms with E-state index in [-0.39, 0.29) is 10.4 Å². The molecule has 0 aliphatic rings. The summed E-state index contributed by atoms with van der Waals surface area (Å²) in [5.41, 5.74) is 0. The summed E-state index contributed by atoms with van der Waals surface area (Å²) < 4.78 is 0.558. The van der Waals surface area contributed by atoms with Gasteiger partial charge in [0.25, 0.3) is 0 Å². The number of rotatable bonds is 3. The summed E-state index contributed by atoms with van der Waals surface area (Å²) in [6, 6.07) is 0. The molecule has 0 amide bonds. The third kappa shape index (κ3) is 3.09. The highest BCUT2D eigenvalue weighted by molar-refractivity contribution is 9.11. The van der Waals surface area contributed by atoms with Crippen molar-refractivity contribution in [3.05, 3.63) is 15.4 Å². The van der Waals surface area contributed by atoms with Gasteiger partial charge in [-0.2, -0.15) is 0 Å². The number of anilines is 1. The van der Waals surface area contributed by atoms with Crippen LogP contribution < -0.4 is 5.32 Å². The van der Waals surface area contributed by atoms with Gasteiger partial charge in [0.1, 0.15) is 9.21 Å². The smallest absolute Gasteiger partial charge is 0.387 e. The molecule has 1 aromatic rings. The van der Waals surface area contributed by atoms with Crippen LogP contribution in [-0.2, 0) is 4.79 Å². The van der Waals surface area contributed by atoms with Crippen molar-refractivity contribution in [3.63, 3.8) is 0 Å². The molecule has 0 spiro atoms. The van der Waals surface area contributed by atoms with E-state index in [0.717, 1.165) is 0 Å². The lowest BCUT2D eigenvalue weighted by atomic mass is 10.4. The van der Waals surface area contributed by atoms with E-state index in [1.807, 2.05) is 5.32 Å². The third-order valence-corrected chi connectivity index (χ3v) is 2.23. The van der Waals surface area contributed by atoms with Gasteiger partial charge in [-0.25, -0.2) is 14.8 Å². The largest absolute Gasteiger partial charge is 0.476 e. The Morgan fingerprint density at radius 3 is 2.53 bits per heavy atom. The molecule has 9 heteroatoms. The quantitative estimate of drug-likeness (QED) is 0.577. The van der Waals surface area contributed by atoms with Crippen molar-refractivity contribution in [1.82, 2.24) is 9.97 Å². The first-order valence-corrected chi connectivity index (χ1v) is 5.06. The summed E-state index contributed by atoms with van der Waals surface area (Å²) in [4.78, 5) is 17.9. The Bertz CT molecular complexity index is 398. The van der Waals surface area contributed by atoms with Crippen LogP contribution in [0.15, 0.2) is 15.4 Å². The first-order chi connectivity index (χ1) is 6.83. The molecule has 0 aliphatic heterocycles. The fraction of sp³-hybridized carbons (Fsp3) is 0.167. The summed E-state index contributed by atoms with van der Waals surface area (Å²) in [5, 5.41) is 28.3. The molecule has 1 heterocycles. The summed E-state index contributed by atoms with van der Waals surface area (Å²) >= 11 is 6.00. The lowest BCUT2D eigenvalue weighted by Crippen LogP contribution is -2.46. The standard InChI is InChI=1S/C6H5Br2N3O4/c7-2-1-9-4(3(8)10-2)11-6(14,15)5(12)13/h1,14-15H,(H,9,11)(H,12,13). The number of halogens is 2. The number of aliphatic hydroxyl groups is 2. The number of aromatic nitrogens is 2. The summed E-state index contributed by atoms with van der Waals surface area (Å²) in [6.45, 7) is 0. The van der Waals surface area contributed by atoms with Crippen molar-refractivity contribution < 1.29 is 20.1 Å². The van der Waals surface area contributed by atoms with E-state index in [0.29, 0.717) is 4.60 Å². The van der Waals surface area contributed by atoms with E-state index < -0.39 is 11.9 Å². The van der Waals surface area contributed by atoms with Crippen molar-refractivity contribution in [2.45, 2.75) is 5.91 Å². The molecule has 0 atom stereocenters. The number of hydrogen-bond acceptors (Lipinski definition) is 6. The number of carboxylic acids is 1. The van der Waals surface area contributed by atoms with Crippen LogP contribution in [0.5, 0.6) is 0 Å². The molecule has 0 unspecified atom stereocenters. The molecule has 1 aromatic heterocycles. The molecule has 15 heavy (non-hydrogen) atoms. The molecule has 7 nitrogen and oxygen atoms in total. The minimum Gasteiger partial charge on any atom is -0.476 e. The van der Waals surface area contributed by atoms with Gasteiger partial charge in [0.15, 0.2) is 5.82 Å². The summed E-state index contributed by atoms with van der Waals surface area (Å²) in [5.74, 6) is -5.05. The lowest BCUT2D eigenvalue weighted by molar-refractivity contribution is -0.193. The Balaban J connectivity index is 2.95. The number of aliphatic carboxylic acids is 1. The van der Waals surface area contributed by atoms with Crippen molar-refractivity contribution in [1.29, 1.82) is 0 Å². The maximum absolute atomic E-state index is 10.4. The molecular weight excluding hydrogens is 338 g/mol. The first-order valence-electron chi connectivity index (χ1n) is 3.47. The van der Waals surface area contributed by atoms with Crippen LogP contribution in [0.25, 0.3) is 0 Å². The lowest BCUT2D eigenvalue weighted by Gasteiger charge is -2.18. The van der Waals surface area contributed by atoms with Gasteiger partial charge in [-0.05, 0) is 31.9 Å². The van der Waals surface area contributed by atoms with Gasteiger partial charge in [0, 0.05) is 0 Å². The third-order valence-electron chi connectivity index (χ3n) is 1.29. The molecule has 0 radical (unpaired) electrons. The Hall–Kier alpha value is -0.770. The van der Waals surface area contributed by atoms with Gasteiger partial charge in [-0.15, -0.1) is 0 Å². The fourth-order valence-electron chi connectivity index (χ4n) is 0.649. The van der Waals surface area contributed by atoms with Crippen LogP contribution in [0.3, 0.4) is 0 Å². The van der Waals surface area contributed by atoms with E-state index in [9.17, 15) is 4.79 Å². The van der Waals surface area contributed by atoms with Gasteiger partial charge in [-0.3, -0.25) is 0 Å². The van der Waals surface area contributed by atoms with E-state index in [1.165, 1.54) is 6.20 Å². The monoisotopic (exact) mass is 341 g/mol. The van der Waals surface area contributed by atoms with Gasteiger partial charge >= 0.3 is 11.9 Å². The van der Waals surface area contributed by atoms with E-state index in [4.69, 9.17) is 15.3 Å². The van der Waals surface area contributed by atoms with Crippen LogP contribution in [-0.4, -0.2) is 37.2 Å². The predicted octanol–water partition coefficient (Wildman–Crippen LogP) is 0.136. The van der Waals surface area contributed by atoms with Crippen molar-refractivity contribution >= 4 is 43.6 Å². The zero-order valence-electron chi connectivity index (χ0n) is 6.98. The highest BCUT2D eigenvalue weighted by Gasteiger charge is 2.34. The zero-order chi connectivity index (χ0) is 11.6. The van der Waals surface area contributed by atoms with Crippen molar-refractivity contribution in [3.8, 4) is 0 Å². The van der Waals surface area contributed by atoms with Crippen LogP contribution in [0.2, 0.25) is 0 Å². The van der Waals surface area contributed by atoms with Crippen molar-refractivity contribution in [2.24, 2.45) is 0 Å². The van der Waals surface area contributed by atoms with E-state index in [1.54, 1.807) is 0 Å². The van der Waals surface area contributed by atoms with Crippen LogP contribution >= 0.6 is 31.9 Å². The fourth-order valence-corrected chi connectivity index (χ4v) is 1.56. The Labute approximate surface area is 100 Å². The summed E-state index contributed by atoms with van der Waals surface area (Å²) in [6.07, 6.45) is 1.27. The topological polar surface area (TPSA) is 116 Å². The zero-order valence-corrected chi connectivity index (χ0v) is 10.1. The molecule has 4 N–H and O–H groups in total. The maximum atomic E-state index is 10.4.